The summed E-state index contributed by atoms with van der Waals surface area (Å²) in [5.41, 5.74) is 2.99. The fraction of sp³-hybridized carbons (Fsp3) is 0.211. The molecule has 2 N–H and O–H groups in total. The molecule has 0 radical (unpaired) electrons. The molecule has 2 aromatic carbocycles. The third-order valence-electron chi connectivity index (χ3n) is 3.68. The molecule has 0 unspecified atom stereocenters. The van der Waals surface area contributed by atoms with Crippen molar-refractivity contribution in [3.8, 4) is 0 Å². The number of rotatable bonds is 7. The van der Waals surface area contributed by atoms with E-state index in [0.717, 1.165) is 23.1 Å². The lowest BCUT2D eigenvalue weighted by atomic mass is 10.0. The molecule has 0 saturated carbocycles. The van der Waals surface area contributed by atoms with Crippen LogP contribution in [-0.2, 0) is 10.0 Å². The number of benzene rings is 2. The summed E-state index contributed by atoms with van der Waals surface area (Å²) < 4.78 is 26.2. The van der Waals surface area contributed by atoms with Crippen molar-refractivity contribution in [1.82, 2.24) is 10.0 Å². The number of nitrogens with one attached hydrogen (secondary N) is 2. The summed E-state index contributed by atoms with van der Waals surface area (Å²) in [6, 6.07) is 15.4. The van der Waals surface area contributed by atoms with Gasteiger partial charge in [0, 0.05) is 6.54 Å². The average Bonchev–Trinajstić information content (AvgIpc) is 2.59. The molecule has 0 bridgehead atoms. The molecule has 25 heavy (non-hydrogen) atoms. The maximum Gasteiger partial charge on any atom is 0.328 e. The molecule has 132 valence electrons. The number of urea groups is 1. The van der Waals surface area contributed by atoms with Crippen LogP contribution in [-0.4, -0.2) is 21.0 Å². The van der Waals surface area contributed by atoms with E-state index in [0.29, 0.717) is 13.0 Å². The van der Waals surface area contributed by atoms with Gasteiger partial charge >= 0.3 is 6.03 Å². The first kappa shape index (κ1) is 18.7. The van der Waals surface area contributed by atoms with Crippen LogP contribution in [0.3, 0.4) is 0 Å². The molecular formula is C19H22N2O3S. The van der Waals surface area contributed by atoms with E-state index in [1.54, 1.807) is 12.1 Å². The van der Waals surface area contributed by atoms with Gasteiger partial charge in [0.1, 0.15) is 0 Å². The van der Waals surface area contributed by atoms with Gasteiger partial charge in [-0.05, 0) is 43.0 Å². The fourth-order valence-corrected chi connectivity index (χ4v) is 3.18. The number of sulfonamides is 1. The molecule has 0 spiro atoms. The first-order valence-electron chi connectivity index (χ1n) is 7.99. The van der Waals surface area contributed by atoms with E-state index in [4.69, 9.17) is 0 Å². The predicted octanol–water partition coefficient (Wildman–Crippen LogP) is 3.48. The summed E-state index contributed by atoms with van der Waals surface area (Å²) in [7, 11) is -3.85. The zero-order chi connectivity index (χ0) is 18.3. The van der Waals surface area contributed by atoms with Crippen LogP contribution in [0.1, 0.15) is 24.0 Å². The third kappa shape index (κ3) is 5.76. The summed E-state index contributed by atoms with van der Waals surface area (Å²) in [6.45, 7) is 6.25. The van der Waals surface area contributed by atoms with E-state index in [1.165, 1.54) is 12.1 Å². The van der Waals surface area contributed by atoms with Crippen LogP contribution < -0.4 is 10.0 Å². The summed E-state index contributed by atoms with van der Waals surface area (Å²) in [4.78, 5) is 11.9. The monoisotopic (exact) mass is 358 g/mol. The van der Waals surface area contributed by atoms with Gasteiger partial charge in [-0.2, -0.15) is 0 Å². The third-order valence-corrected chi connectivity index (χ3v) is 5.03. The minimum atomic E-state index is -3.85. The number of amides is 2. The first-order chi connectivity index (χ1) is 11.9. The maximum absolute atomic E-state index is 12.1. The van der Waals surface area contributed by atoms with Crippen LogP contribution in [0.5, 0.6) is 0 Å². The number of aryl methyl sites for hydroxylation is 1. The summed E-state index contributed by atoms with van der Waals surface area (Å²) in [6.07, 6.45) is 1.39. The van der Waals surface area contributed by atoms with Crippen molar-refractivity contribution < 1.29 is 13.2 Å². The van der Waals surface area contributed by atoms with Crippen molar-refractivity contribution in [1.29, 1.82) is 0 Å². The smallest absolute Gasteiger partial charge is 0.328 e. The molecule has 0 saturated heterocycles. The SMILES string of the molecule is C=C(CCCNC(=O)NS(=O)(=O)c1ccc(C)cc1)c1ccccc1. The maximum atomic E-state index is 12.1. The minimum Gasteiger partial charge on any atom is -0.337 e. The van der Waals surface area contributed by atoms with Crippen molar-refractivity contribution in [3.05, 3.63) is 72.3 Å². The standard InChI is InChI=1S/C19H22N2O3S/c1-15-10-12-18(13-11-15)25(23,24)21-19(22)20-14-6-7-16(2)17-8-4-3-5-9-17/h3-5,8-13H,2,6-7,14H2,1H3,(H2,20,21,22). The van der Waals surface area contributed by atoms with E-state index in [1.807, 2.05) is 42.0 Å². The van der Waals surface area contributed by atoms with Gasteiger partial charge in [-0.3, -0.25) is 0 Å². The van der Waals surface area contributed by atoms with Crippen LogP contribution in [0, 0.1) is 6.92 Å². The lowest BCUT2D eigenvalue weighted by molar-refractivity contribution is 0.245. The first-order valence-corrected chi connectivity index (χ1v) is 9.47. The van der Waals surface area contributed by atoms with Gasteiger partial charge in [0.05, 0.1) is 4.90 Å². The highest BCUT2D eigenvalue weighted by Gasteiger charge is 2.16. The van der Waals surface area contributed by atoms with Crippen molar-refractivity contribution in [3.63, 3.8) is 0 Å². The topological polar surface area (TPSA) is 75.3 Å². The van der Waals surface area contributed by atoms with Crippen LogP contribution in [0.25, 0.3) is 5.57 Å². The van der Waals surface area contributed by atoms with Gasteiger partial charge in [-0.1, -0.05) is 54.6 Å². The Labute approximate surface area is 148 Å². The quantitative estimate of drug-likeness (QED) is 0.744. The molecule has 2 rings (SSSR count). The molecule has 6 heteroatoms. The molecule has 0 aliphatic heterocycles. The second kappa shape index (κ2) is 8.48. The van der Waals surface area contributed by atoms with Crippen molar-refractivity contribution in [2.24, 2.45) is 0 Å². The van der Waals surface area contributed by atoms with E-state index in [9.17, 15) is 13.2 Å². The van der Waals surface area contributed by atoms with Crippen LogP contribution in [0.2, 0.25) is 0 Å². The largest absolute Gasteiger partial charge is 0.337 e. The zero-order valence-corrected chi connectivity index (χ0v) is 15.0. The molecule has 0 aliphatic carbocycles. The Morgan fingerprint density at radius 3 is 2.32 bits per heavy atom. The Kier molecular flexibility index (Phi) is 6.36. The molecule has 0 heterocycles. The second-order valence-corrected chi connectivity index (χ2v) is 7.43. The predicted molar refractivity (Wildman–Crippen MR) is 99.6 cm³/mol. The molecule has 0 fully saturated rings. The summed E-state index contributed by atoms with van der Waals surface area (Å²) >= 11 is 0. The van der Waals surface area contributed by atoms with E-state index >= 15 is 0 Å². The number of allylic oxidation sites excluding steroid dienone is 1. The Hall–Kier alpha value is -2.60. The Morgan fingerprint density at radius 1 is 1.04 bits per heavy atom. The van der Waals surface area contributed by atoms with Crippen molar-refractivity contribution >= 4 is 21.6 Å². The number of carbonyl (C=O) groups is 1. The van der Waals surface area contributed by atoms with Gasteiger partial charge in [0.25, 0.3) is 10.0 Å². The highest BCUT2D eigenvalue weighted by molar-refractivity contribution is 7.90. The molecule has 2 aromatic rings. The van der Waals surface area contributed by atoms with Crippen LogP contribution in [0.4, 0.5) is 4.79 Å². The number of carbonyl (C=O) groups excluding carboxylic acids is 1. The zero-order valence-electron chi connectivity index (χ0n) is 14.2. The highest BCUT2D eigenvalue weighted by Crippen LogP contribution is 2.16. The molecule has 0 aliphatic rings. The van der Waals surface area contributed by atoms with Crippen LogP contribution >= 0.6 is 0 Å². The minimum absolute atomic E-state index is 0.0608. The Morgan fingerprint density at radius 2 is 1.68 bits per heavy atom. The second-order valence-electron chi connectivity index (χ2n) is 5.75. The molecule has 5 nitrogen and oxygen atoms in total. The van der Waals surface area contributed by atoms with Gasteiger partial charge in [-0.25, -0.2) is 17.9 Å². The Bertz CT molecular complexity index is 829. The van der Waals surface area contributed by atoms with E-state index < -0.39 is 16.1 Å². The molecule has 0 atom stereocenters. The van der Waals surface area contributed by atoms with Crippen molar-refractivity contribution in [2.75, 3.05) is 6.54 Å². The molecule has 0 aromatic heterocycles. The molecular weight excluding hydrogens is 336 g/mol. The lowest BCUT2D eigenvalue weighted by Crippen LogP contribution is -2.39. The molecule has 2 amide bonds. The Balaban J connectivity index is 1.77. The summed E-state index contributed by atoms with van der Waals surface area (Å²) in [5, 5.41) is 2.56. The normalized spacial score (nSPS) is 10.9. The van der Waals surface area contributed by atoms with E-state index in [-0.39, 0.29) is 4.90 Å². The van der Waals surface area contributed by atoms with Gasteiger partial charge in [-0.15, -0.1) is 0 Å². The lowest BCUT2D eigenvalue weighted by Gasteiger charge is -2.10. The number of hydrogen-bond acceptors (Lipinski definition) is 3. The number of hydrogen-bond donors (Lipinski definition) is 2. The van der Waals surface area contributed by atoms with Gasteiger partial charge in [0.2, 0.25) is 0 Å². The fourth-order valence-electron chi connectivity index (χ4n) is 2.26. The van der Waals surface area contributed by atoms with Crippen molar-refractivity contribution in [2.45, 2.75) is 24.7 Å². The van der Waals surface area contributed by atoms with Crippen LogP contribution in [0.15, 0.2) is 66.1 Å². The van der Waals surface area contributed by atoms with E-state index in [2.05, 4.69) is 11.9 Å². The average molecular weight is 358 g/mol. The highest BCUT2D eigenvalue weighted by atomic mass is 32.2. The van der Waals surface area contributed by atoms with Gasteiger partial charge < -0.3 is 5.32 Å². The van der Waals surface area contributed by atoms with Gasteiger partial charge in [0.15, 0.2) is 0 Å². The summed E-state index contributed by atoms with van der Waals surface area (Å²) in [5.74, 6) is 0.